The Morgan fingerprint density at radius 2 is 1.95 bits per heavy atom. The van der Waals surface area contributed by atoms with Gasteiger partial charge in [0, 0.05) is 25.7 Å². The molecule has 116 valence electrons. The molecule has 0 bridgehead atoms. The lowest BCUT2D eigenvalue weighted by molar-refractivity contribution is -0.120. The summed E-state index contributed by atoms with van der Waals surface area (Å²) < 4.78 is 0. The summed E-state index contributed by atoms with van der Waals surface area (Å²) in [6, 6.07) is 11.9. The number of pyridine rings is 1. The van der Waals surface area contributed by atoms with E-state index in [0.29, 0.717) is 31.0 Å². The Hall–Kier alpha value is -2.56. The predicted octanol–water partition coefficient (Wildman–Crippen LogP) is 2.13. The van der Waals surface area contributed by atoms with Crippen LogP contribution in [-0.4, -0.2) is 24.0 Å². The van der Waals surface area contributed by atoms with Gasteiger partial charge in [-0.2, -0.15) is 0 Å². The topological polar surface area (TPSA) is 80.0 Å². The molecule has 5 heteroatoms. The number of carbonyl (C=O) groups excluding carboxylic acids is 1. The third-order valence-corrected chi connectivity index (χ3v) is 3.43. The molecule has 5 nitrogen and oxygen atoms in total. The van der Waals surface area contributed by atoms with Crippen LogP contribution in [0.1, 0.15) is 17.5 Å². The minimum atomic E-state index is 0.0517. The largest absolute Gasteiger partial charge is 0.396 e. The van der Waals surface area contributed by atoms with E-state index in [1.807, 2.05) is 43.3 Å². The zero-order valence-corrected chi connectivity index (χ0v) is 12.8. The van der Waals surface area contributed by atoms with E-state index in [9.17, 15) is 4.79 Å². The van der Waals surface area contributed by atoms with E-state index in [1.54, 1.807) is 6.20 Å². The molecule has 0 aliphatic carbocycles. The van der Waals surface area contributed by atoms with Gasteiger partial charge < -0.3 is 16.4 Å². The second-order valence-corrected chi connectivity index (χ2v) is 5.15. The Bertz CT molecular complexity index is 613. The van der Waals surface area contributed by atoms with E-state index in [4.69, 9.17) is 5.73 Å². The zero-order chi connectivity index (χ0) is 15.8. The van der Waals surface area contributed by atoms with E-state index in [-0.39, 0.29) is 5.91 Å². The van der Waals surface area contributed by atoms with Crippen LogP contribution in [0.3, 0.4) is 0 Å². The molecule has 1 aromatic carbocycles. The Kier molecular flexibility index (Phi) is 5.77. The summed E-state index contributed by atoms with van der Waals surface area (Å²) >= 11 is 0. The molecule has 1 amide bonds. The molecule has 2 aromatic rings. The second kappa shape index (κ2) is 8.02. The number of aromatic nitrogens is 1. The van der Waals surface area contributed by atoms with Crippen LogP contribution in [0.4, 0.5) is 11.5 Å². The number of benzene rings is 1. The van der Waals surface area contributed by atoms with Crippen molar-refractivity contribution in [3.05, 3.63) is 53.7 Å². The van der Waals surface area contributed by atoms with Crippen LogP contribution >= 0.6 is 0 Å². The van der Waals surface area contributed by atoms with E-state index >= 15 is 0 Å². The van der Waals surface area contributed by atoms with Gasteiger partial charge in [-0.15, -0.1) is 0 Å². The van der Waals surface area contributed by atoms with Crippen LogP contribution in [0.5, 0.6) is 0 Å². The maximum Gasteiger partial charge on any atom is 0.220 e. The van der Waals surface area contributed by atoms with Gasteiger partial charge in [0.2, 0.25) is 5.91 Å². The number of nitrogens with zero attached hydrogens (tertiary/aromatic N) is 1. The van der Waals surface area contributed by atoms with Crippen molar-refractivity contribution in [3.8, 4) is 0 Å². The summed E-state index contributed by atoms with van der Waals surface area (Å²) in [4.78, 5) is 16.0. The summed E-state index contributed by atoms with van der Waals surface area (Å²) in [6.45, 7) is 3.08. The summed E-state index contributed by atoms with van der Waals surface area (Å²) in [5.74, 6) is 0.717. The summed E-state index contributed by atoms with van der Waals surface area (Å²) in [5, 5.41) is 6.02. The molecule has 0 fully saturated rings. The molecular formula is C17H22N4O. The maximum atomic E-state index is 11.8. The number of nitrogens with one attached hydrogen (secondary N) is 2. The lowest BCUT2D eigenvalue weighted by Crippen LogP contribution is -2.29. The van der Waals surface area contributed by atoms with Crippen LogP contribution < -0.4 is 16.4 Å². The highest BCUT2D eigenvalue weighted by molar-refractivity contribution is 5.76. The van der Waals surface area contributed by atoms with Crippen LogP contribution in [0.2, 0.25) is 0 Å². The van der Waals surface area contributed by atoms with Gasteiger partial charge >= 0.3 is 0 Å². The number of nitrogens with two attached hydrogens (primary N) is 1. The van der Waals surface area contributed by atoms with Crippen molar-refractivity contribution >= 4 is 17.4 Å². The minimum Gasteiger partial charge on any atom is -0.396 e. The summed E-state index contributed by atoms with van der Waals surface area (Å²) in [7, 11) is 0. The molecule has 0 aliphatic heterocycles. The highest BCUT2D eigenvalue weighted by Crippen LogP contribution is 2.17. The van der Waals surface area contributed by atoms with Crippen molar-refractivity contribution < 1.29 is 4.79 Å². The first-order valence-corrected chi connectivity index (χ1v) is 7.42. The van der Waals surface area contributed by atoms with Gasteiger partial charge in [-0.1, -0.05) is 30.3 Å². The Morgan fingerprint density at radius 1 is 1.18 bits per heavy atom. The molecule has 0 radical (unpaired) electrons. The fourth-order valence-electron chi connectivity index (χ4n) is 2.08. The van der Waals surface area contributed by atoms with Gasteiger partial charge in [0.1, 0.15) is 5.82 Å². The molecule has 1 aromatic heterocycles. The SMILES string of the molecule is Cc1ccnc(NCCNC(=O)CCc2ccccc2)c1N. The third-order valence-electron chi connectivity index (χ3n) is 3.43. The number of aryl methyl sites for hydroxylation is 2. The monoisotopic (exact) mass is 298 g/mol. The number of nitrogen functional groups attached to an aromatic ring is 1. The molecule has 0 spiro atoms. The molecule has 22 heavy (non-hydrogen) atoms. The van der Waals surface area contributed by atoms with Crippen molar-refractivity contribution in [2.75, 3.05) is 24.1 Å². The van der Waals surface area contributed by atoms with Gasteiger partial charge in [-0.25, -0.2) is 4.98 Å². The number of hydrogen-bond donors (Lipinski definition) is 3. The molecule has 4 N–H and O–H groups in total. The van der Waals surface area contributed by atoms with E-state index < -0.39 is 0 Å². The normalized spacial score (nSPS) is 10.2. The van der Waals surface area contributed by atoms with Crippen LogP contribution in [0, 0.1) is 6.92 Å². The average molecular weight is 298 g/mol. The smallest absolute Gasteiger partial charge is 0.220 e. The number of carbonyl (C=O) groups is 1. The first-order valence-electron chi connectivity index (χ1n) is 7.42. The summed E-state index contributed by atoms with van der Waals surface area (Å²) in [5.41, 5.74) is 8.74. The molecule has 0 saturated heterocycles. The lowest BCUT2D eigenvalue weighted by Gasteiger charge is -2.10. The molecule has 0 aliphatic rings. The fourth-order valence-corrected chi connectivity index (χ4v) is 2.08. The minimum absolute atomic E-state index is 0.0517. The van der Waals surface area contributed by atoms with Crippen LogP contribution in [-0.2, 0) is 11.2 Å². The molecule has 1 heterocycles. The quantitative estimate of drug-likeness (QED) is 0.684. The molecule has 0 saturated carbocycles. The number of amides is 1. The van der Waals surface area contributed by atoms with Crippen molar-refractivity contribution in [1.82, 2.24) is 10.3 Å². The summed E-state index contributed by atoms with van der Waals surface area (Å²) in [6.07, 6.45) is 2.97. The van der Waals surface area contributed by atoms with E-state index in [1.165, 1.54) is 5.56 Å². The van der Waals surface area contributed by atoms with Gasteiger partial charge in [-0.05, 0) is 30.5 Å². The third kappa shape index (κ3) is 4.77. The van der Waals surface area contributed by atoms with Gasteiger partial charge in [0.15, 0.2) is 0 Å². The highest BCUT2D eigenvalue weighted by Gasteiger charge is 2.04. The van der Waals surface area contributed by atoms with E-state index in [0.717, 1.165) is 12.0 Å². The second-order valence-electron chi connectivity index (χ2n) is 5.15. The molecule has 2 rings (SSSR count). The molecule has 0 unspecified atom stereocenters. The van der Waals surface area contributed by atoms with Gasteiger partial charge in [0.05, 0.1) is 5.69 Å². The van der Waals surface area contributed by atoms with Gasteiger partial charge in [-0.3, -0.25) is 4.79 Å². The van der Waals surface area contributed by atoms with Crippen molar-refractivity contribution in [2.24, 2.45) is 0 Å². The van der Waals surface area contributed by atoms with Crippen LogP contribution in [0.25, 0.3) is 0 Å². The average Bonchev–Trinajstić information content (AvgIpc) is 2.54. The molecular weight excluding hydrogens is 276 g/mol. The zero-order valence-electron chi connectivity index (χ0n) is 12.8. The van der Waals surface area contributed by atoms with E-state index in [2.05, 4.69) is 15.6 Å². The Morgan fingerprint density at radius 3 is 2.73 bits per heavy atom. The van der Waals surface area contributed by atoms with Crippen molar-refractivity contribution in [3.63, 3.8) is 0 Å². The Labute approximate surface area is 130 Å². The van der Waals surface area contributed by atoms with Crippen molar-refractivity contribution in [1.29, 1.82) is 0 Å². The first-order chi connectivity index (χ1) is 10.7. The van der Waals surface area contributed by atoms with Crippen molar-refractivity contribution in [2.45, 2.75) is 19.8 Å². The standard InChI is InChI=1S/C17H22N4O/c1-13-9-10-20-17(16(13)18)21-12-11-19-15(22)8-7-14-5-3-2-4-6-14/h2-6,9-10H,7-8,11-12,18H2,1H3,(H,19,22)(H,20,21). The molecule has 0 atom stereocenters. The van der Waals surface area contributed by atoms with Crippen LogP contribution in [0.15, 0.2) is 42.6 Å². The number of hydrogen-bond acceptors (Lipinski definition) is 4. The maximum absolute atomic E-state index is 11.8. The number of rotatable bonds is 7. The first kappa shape index (κ1) is 15.8. The predicted molar refractivity (Wildman–Crippen MR) is 89.6 cm³/mol. The number of anilines is 2. The Balaban J connectivity index is 1.66. The lowest BCUT2D eigenvalue weighted by atomic mass is 10.1. The fraction of sp³-hybridized carbons (Fsp3) is 0.294. The van der Waals surface area contributed by atoms with Gasteiger partial charge in [0.25, 0.3) is 0 Å². The highest BCUT2D eigenvalue weighted by atomic mass is 16.1.